The maximum atomic E-state index is 5.89. The summed E-state index contributed by atoms with van der Waals surface area (Å²) in [5.74, 6) is 0. The average Bonchev–Trinajstić information content (AvgIpc) is 2.48. The van der Waals surface area contributed by atoms with Crippen molar-refractivity contribution in [3.8, 4) is 0 Å². The molecule has 0 unspecified atom stereocenters. The SMILES string of the molecule is CC(C)(/C=N/OCc1ccc(Cl)cc1)Sc1ccc(Cl)cc1. The first-order chi connectivity index (χ1) is 10.4. The van der Waals surface area contributed by atoms with Gasteiger partial charge in [0.1, 0.15) is 6.61 Å². The molecule has 0 aliphatic heterocycles. The molecule has 116 valence electrons. The number of thioether (sulfide) groups is 1. The van der Waals surface area contributed by atoms with Crippen molar-refractivity contribution in [1.29, 1.82) is 0 Å². The van der Waals surface area contributed by atoms with Gasteiger partial charge in [-0.05, 0) is 55.8 Å². The van der Waals surface area contributed by atoms with E-state index in [0.717, 1.165) is 15.5 Å². The molecule has 0 fully saturated rings. The molecule has 2 aromatic carbocycles. The fraction of sp³-hybridized carbons (Fsp3) is 0.235. The number of halogens is 2. The van der Waals surface area contributed by atoms with E-state index in [9.17, 15) is 0 Å². The maximum absolute atomic E-state index is 5.89. The molecule has 2 aromatic rings. The first kappa shape index (κ1) is 17.2. The van der Waals surface area contributed by atoms with Crippen LogP contribution in [0.15, 0.2) is 58.6 Å². The van der Waals surface area contributed by atoms with Gasteiger partial charge in [0.05, 0.1) is 11.0 Å². The predicted molar refractivity (Wildman–Crippen MR) is 96.1 cm³/mol. The second kappa shape index (κ2) is 7.91. The van der Waals surface area contributed by atoms with Crippen LogP contribution in [0.2, 0.25) is 10.0 Å². The second-order valence-electron chi connectivity index (χ2n) is 5.29. The Morgan fingerprint density at radius 3 is 2.14 bits per heavy atom. The molecular formula is C17H17Cl2NOS. The second-order valence-corrected chi connectivity index (χ2v) is 7.89. The quantitative estimate of drug-likeness (QED) is 0.357. The van der Waals surface area contributed by atoms with Gasteiger partial charge in [0.2, 0.25) is 0 Å². The van der Waals surface area contributed by atoms with Crippen LogP contribution in [-0.4, -0.2) is 11.0 Å². The molecule has 5 heteroatoms. The molecule has 0 saturated heterocycles. The van der Waals surface area contributed by atoms with Crippen molar-refractivity contribution in [3.05, 3.63) is 64.1 Å². The molecule has 0 atom stereocenters. The van der Waals surface area contributed by atoms with Gasteiger partial charge in [0, 0.05) is 14.9 Å². The van der Waals surface area contributed by atoms with Crippen molar-refractivity contribution < 1.29 is 4.84 Å². The van der Waals surface area contributed by atoms with Crippen molar-refractivity contribution in [2.75, 3.05) is 0 Å². The van der Waals surface area contributed by atoms with Crippen LogP contribution in [0, 0.1) is 0 Å². The Kier molecular flexibility index (Phi) is 6.18. The lowest BCUT2D eigenvalue weighted by molar-refractivity contribution is 0.131. The first-order valence-electron chi connectivity index (χ1n) is 6.80. The highest BCUT2D eigenvalue weighted by Gasteiger charge is 2.17. The van der Waals surface area contributed by atoms with E-state index in [0.29, 0.717) is 11.6 Å². The maximum Gasteiger partial charge on any atom is 0.142 e. The van der Waals surface area contributed by atoms with Gasteiger partial charge in [0.25, 0.3) is 0 Å². The van der Waals surface area contributed by atoms with Gasteiger partial charge in [-0.1, -0.05) is 40.5 Å². The lowest BCUT2D eigenvalue weighted by Gasteiger charge is -2.18. The van der Waals surface area contributed by atoms with Crippen LogP contribution in [0.1, 0.15) is 19.4 Å². The summed E-state index contributed by atoms with van der Waals surface area (Å²) in [7, 11) is 0. The van der Waals surface area contributed by atoms with Gasteiger partial charge < -0.3 is 4.84 Å². The Morgan fingerprint density at radius 1 is 1.00 bits per heavy atom. The van der Waals surface area contributed by atoms with Crippen LogP contribution in [0.3, 0.4) is 0 Å². The number of hydrogen-bond acceptors (Lipinski definition) is 3. The zero-order valence-corrected chi connectivity index (χ0v) is 14.8. The van der Waals surface area contributed by atoms with Gasteiger partial charge in [-0.2, -0.15) is 0 Å². The number of rotatable bonds is 6. The molecule has 0 aliphatic rings. The van der Waals surface area contributed by atoms with Crippen LogP contribution < -0.4 is 0 Å². The molecule has 0 heterocycles. The molecule has 0 N–H and O–H groups in total. The van der Waals surface area contributed by atoms with Crippen molar-refractivity contribution >= 4 is 41.2 Å². The minimum atomic E-state index is -0.173. The van der Waals surface area contributed by atoms with Gasteiger partial charge >= 0.3 is 0 Å². The summed E-state index contributed by atoms with van der Waals surface area (Å²) in [6.07, 6.45) is 1.81. The minimum Gasteiger partial charge on any atom is -0.391 e. The molecule has 0 radical (unpaired) electrons. The van der Waals surface area contributed by atoms with E-state index in [1.54, 1.807) is 11.8 Å². The summed E-state index contributed by atoms with van der Waals surface area (Å²) in [4.78, 5) is 6.48. The smallest absolute Gasteiger partial charge is 0.142 e. The average molecular weight is 354 g/mol. The fourth-order valence-electron chi connectivity index (χ4n) is 1.69. The van der Waals surface area contributed by atoms with E-state index in [1.807, 2.05) is 54.7 Å². The van der Waals surface area contributed by atoms with Crippen LogP contribution in [-0.2, 0) is 11.4 Å². The van der Waals surface area contributed by atoms with Crippen LogP contribution >= 0.6 is 35.0 Å². The minimum absolute atomic E-state index is 0.173. The molecule has 0 aliphatic carbocycles. The van der Waals surface area contributed by atoms with E-state index < -0.39 is 0 Å². The third-order valence-corrected chi connectivity index (χ3v) is 4.42. The number of benzene rings is 2. The van der Waals surface area contributed by atoms with Crippen LogP contribution in [0.4, 0.5) is 0 Å². The molecule has 0 bridgehead atoms. The zero-order chi connectivity index (χ0) is 16.0. The molecule has 0 spiro atoms. The third-order valence-electron chi connectivity index (χ3n) is 2.78. The summed E-state index contributed by atoms with van der Waals surface area (Å²) < 4.78 is -0.173. The third kappa shape index (κ3) is 5.91. The van der Waals surface area contributed by atoms with E-state index in [4.69, 9.17) is 28.0 Å². The number of nitrogens with zero attached hydrogens (tertiary/aromatic N) is 1. The van der Waals surface area contributed by atoms with Crippen LogP contribution in [0.5, 0.6) is 0 Å². The summed E-state index contributed by atoms with van der Waals surface area (Å²) in [6, 6.07) is 15.3. The molecule has 0 amide bonds. The lowest BCUT2D eigenvalue weighted by atomic mass is 10.2. The normalized spacial score (nSPS) is 11.8. The Bertz CT molecular complexity index is 624. The Hall–Kier alpha value is -1.16. The molecule has 0 aromatic heterocycles. The van der Waals surface area contributed by atoms with Gasteiger partial charge in [-0.3, -0.25) is 0 Å². The number of hydrogen-bond donors (Lipinski definition) is 0. The Labute approximate surface area is 145 Å². The first-order valence-corrected chi connectivity index (χ1v) is 8.37. The number of oxime groups is 1. The van der Waals surface area contributed by atoms with Crippen molar-refractivity contribution in [1.82, 2.24) is 0 Å². The Morgan fingerprint density at radius 2 is 1.55 bits per heavy atom. The molecule has 0 saturated carbocycles. The fourth-order valence-corrected chi connectivity index (χ4v) is 2.92. The lowest BCUT2D eigenvalue weighted by Crippen LogP contribution is -2.16. The molecule has 2 nitrogen and oxygen atoms in total. The van der Waals surface area contributed by atoms with Gasteiger partial charge in [-0.15, -0.1) is 11.8 Å². The van der Waals surface area contributed by atoms with Crippen LogP contribution in [0.25, 0.3) is 0 Å². The highest BCUT2D eigenvalue weighted by Crippen LogP contribution is 2.31. The topological polar surface area (TPSA) is 21.6 Å². The summed E-state index contributed by atoms with van der Waals surface area (Å²) in [6.45, 7) is 4.60. The highest BCUT2D eigenvalue weighted by molar-refractivity contribution is 8.01. The monoisotopic (exact) mass is 353 g/mol. The zero-order valence-electron chi connectivity index (χ0n) is 12.4. The largest absolute Gasteiger partial charge is 0.391 e. The summed E-state index contributed by atoms with van der Waals surface area (Å²) in [5, 5.41) is 5.52. The van der Waals surface area contributed by atoms with Gasteiger partial charge in [0.15, 0.2) is 0 Å². The standard InChI is InChI=1S/C17H17Cl2NOS/c1-17(2,22-16-9-7-15(19)8-10-16)12-20-21-11-13-3-5-14(18)6-4-13/h3-10,12H,11H2,1-2H3/b20-12+. The van der Waals surface area contributed by atoms with Gasteiger partial charge in [-0.25, -0.2) is 0 Å². The van der Waals surface area contributed by atoms with E-state index in [1.165, 1.54) is 0 Å². The predicted octanol–water partition coefficient (Wildman–Crippen LogP) is 6.07. The molecule has 2 rings (SSSR count). The summed E-state index contributed by atoms with van der Waals surface area (Å²) >= 11 is 13.4. The molecule has 22 heavy (non-hydrogen) atoms. The molecular weight excluding hydrogens is 337 g/mol. The van der Waals surface area contributed by atoms with Crippen molar-refractivity contribution in [2.24, 2.45) is 5.16 Å². The van der Waals surface area contributed by atoms with E-state index >= 15 is 0 Å². The van der Waals surface area contributed by atoms with Crippen molar-refractivity contribution in [2.45, 2.75) is 30.1 Å². The van der Waals surface area contributed by atoms with E-state index in [2.05, 4.69) is 19.0 Å². The van der Waals surface area contributed by atoms with Crippen molar-refractivity contribution in [3.63, 3.8) is 0 Å². The highest BCUT2D eigenvalue weighted by atomic mass is 35.5. The van der Waals surface area contributed by atoms with E-state index in [-0.39, 0.29) is 4.75 Å². The summed E-state index contributed by atoms with van der Waals surface area (Å²) in [5.41, 5.74) is 1.03. The Balaban J connectivity index is 1.85.